The lowest BCUT2D eigenvalue weighted by molar-refractivity contribution is 0.358. The highest BCUT2D eigenvalue weighted by Crippen LogP contribution is 2.22. The Hall–Kier alpha value is -0.440. The van der Waals surface area contributed by atoms with Gasteiger partial charge in [0.25, 0.3) is 0 Å². The minimum absolute atomic E-state index is 0.172. The van der Waals surface area contributed by atoms with Crippen molar-refractivity contribution in [1.29, 1.82) is 0 Å². The van der Waals surface area contributed by atoms with Gasteiger partial charge in [0.15, 0.2) is 0 Å². The fourth-order valence-electron chi connectivity index (χ4n) is 1.37. The molecular weight excluding hydrogens is 180 g/mol. The molecule has 0 nitrogen and oxygen atoms in total. The third-order valence-electron chi connectivity index (χ3n) is 2.19. The topological polar surface area (TPSA) is 0 Å². The molecule has 88 valence electrons. The third-order valence-corrected chi connectivity index (χ3v) is 2.19. The molecule has 0 aromatic heterocycles. The average molecular weight is 208 g/mol. The highest BCUT2D eigenvalue weighted by Gasteiger charge is 2.08. The van der Waals surface area contributed by atoms with Crippen molar-refractivity contribution in [3.63, 3.8) is 0 Å². The molecule has 0 rings (SSSR count). The van der Waals surface area contributed by atoms with E-state index in [0.29, 0.717) is 5.41 Å². The largest absolute Gasteiger partial charge is 0.103 e. The van der Waals surface area contributed by atoms with Crippen LogP contribution in [0.4, 0.5) is 0 Å². The Morgan fingerprint density at radius 1 is 0.800 bits per heavy atom. The van der Waals surface area contributed by atoms with E-state index in [4.69, 9.17) is 0 Å². The molecule has 0 saturated heterocycles. The summed E-state index contributed by atoms with van der Waals surface area (Å²) in [6, 6.07) is 0. The molecule has 0 aliphatic carbocycles. The van der Waals surface area contributed by atoms with Gasteiger partial charge in [0.1, 0.15) is 0 Å². The molecule has 0 aromatic carbocycles. The van der Waals surface area contributed by atoms with Crippen LogP contribution in [0.15, 0.2) is 0 Å². The quantitative estimate of drug-likeness (QED) is 0.449. The number of unbranched alkanes of at least 4 members (excludes halogenated alkanes) is 3. The van der Waals surface area contributed by atoms with Crippen LogP contribution in [0.25, 0.3) is 0 Å². The summed E-state index contributed by atoms with van der Waals surface area (Å²) >= 11 is 0. The lowest BCUT2D eigenvalue weighted by Gasteiger charge is -2.17. The molecule has 15 heavy (non-hydrogen) atoms. The molecule has 0 amide bonds. The zero-order chi connectivity index (χ0) is 11.9. The van der Waals surface area contributed by atoms with Crippen LogP contribution in [0.3, 0.4) is 0 Å². The van der Waals surface area contributed by atoms with Crippen LogP contribution >= 0.6 is 0 Å². The monoisotopic (exact) mass is 208 g/mol. The van der Waals surface area contributed by atoms with Gasteiger partial charge in [-0.3, -0.25) is 0 Å². The Balaban J connectivity index is 3.44. The first-order valence-electron chi connectivity index (χ1n) is 6.21. The van der Waals surface area contributed by atoms with Crippen LogP contribution < -0.4 is 0 Å². The Morgan fingerprint density at radius 3 is 1.87 bits per heavy atom. The molecule has 0 aliphatic heterocycles. The first-order chi connectivity index (χ1) is 6.71. The maximum Gasteiger partial charge on any atom is 0.0230 e. The van der Waals surface area contributed by atoms with Crippen molar-refractivity contribution in [2.45, 2.75) is 73.6 Å². The first kappa shape index (κ1) is 14.6. The van der Waals surface area contributed by atoms with Gasteiger partial charge < -0.3 is 0 Å². The van der Waals surface area contributed by atoms with Gasteiger partial charge >= 0.3 is 0 Å². The van der Waals surface area contributed by atoms with Crippen LogP contribution in [0.2, 0.25) is 0 Å². The maximum absolute atomic E-state index is 3.28. The van der Waals surface area contributed by atoms with Crippen molar-refractivity contribution < 1.29 is 0 Å². The SMILES string of the molecule is CC(C)(C)C#CCCCCCC(C)(C)C. The van der Waals surface area contributed by atoms with Gasteiger partial charge in [-0.2, -0.15) is 0 Å². The minimum Gasteiger partial charge on any atom is -0.103 e. The Bertz CT molecular complexity index is 211. The van der Waals surface area contributed by atoms with E-state index in [1.54, 1.807) is 0 Å². The Morgan fingerprint density at radius 2 is 1.40 bits per heavy atom. The summed E-state index contributed by atoms with van der Waals surface area (Å²) in [6.45, 7) is 13.4. The van der Waals surface area contributed by atoms with Crippen molar-refractivity contribution in [3.05, 3.63) is 0 Å². The summed E-state index contributed by atoms with van der Waals surface area (Å²) in [5.41, 5.74) is 0.669. The fourth-order valence-corrected chi connectivity index (χ4v) is 1.37. The normalized spacial score (nSPS) is 12.1. The molecule has 0 heteroatoms. The average Bonchev–Trinajstić information content (AvgIpc) is 1.98. The van der Waals surface area contributed by atoms with E-state index in [9.17, 15) is 0 Å². The molecule has 0 atom stereocenters. The highest BCUT2D eigenvalue weighted by atomic mass is 14.1. The van der Waals surface area contributed by atoms with E-state index in [1.807, 2.05) is 0 Å². The molecule has 0 aromatic rings. The highest BCUT2D eigenvalue weighted by molar-refractivity contribution is 5.06. The van der Waals surface area contributed by atoms with Crippen molar-refractivity contribution >= 4 is 0 Å². The standard InChI is InChI=1S/C15H28/c1-14(2,3)12-10-8-7-9-11-13-15(4,5)6/h7-10,12H2,1-6H3. The lowest BCUT2D eigenvalue weighted by Crippen LogP contribution is -2.03. The fraction of sp³-hybridized carbons (Fsp3) is 0.867. The molecule has 0 aliphatic rings. The molecule has 0 bridgehead atoms. The second-order valence-corrected chi connectivity index (χ2v) is 6.67. The van der Waals surface area contributed by atoms with Crippen LogP contribution in [0.1, 0.15) is 73.6 Å². The van der Waals surface area contributed by atoms with E-state index < -0.39 is 0 Å². The van der Waals surface area contributed by atoms with Crippen molar-refractivity contribution in [2.24, 2.45) is 10.8 Å². The number of hydrogen-bond acceptors (Lipinski definition) is 0. The second-order valence-electron chi connectivity index (χ2n) is 6.67. The van der Waals surface area contributed by atoms with Gasteiger partial charge in [-0.25, -0.2) is 0 Å². The Kier molecular flexibility index (Phi) is 6.03. The molecule has 0 fully saturated rings. The minimum atomic E-state index is 0.172. The van der Waals surface area contributed by atoms with Crippen molar-refractivity contribution in [1.82, 2.24) is 0 Å². The molecule has 0 N–H and O–H groups in total. The van der Waals surface area contributed by atoms with Gasteiger partial charge in [-0.15, -0.1) is 5.92 Å². The zero-order valence-electron chi connectivity index (χ0n) is 11.5. The van der Waals surface area contributed by atoms with E-state index in [-0.39, 0.29) is 5.41 Å². The number of hydrogen-bond donors (Lipinski definition) is 0. The summed E-state index contributed by atoms with van der Waals surface area (Å²) in [7, 11) is 0. The lowest BCUT2D eigenvalue weighted by atomic mass is 9.89. The molecule has 0 radical (unpaired) electrons. The predicted molar refractivity (Wildman–Crippen MR) is 69.8 cm³/mol. The summed E-state index contributed by atoms with van der Waals surface area (Å²) in [4.78, 5) is 0. The van der Waals surface area contributed by atoms with Gasteiger partial charge in [0, 0.05) is 11.8 Å². The van der Waals surface area contributed by atoms with Gasteiger partial charge in [-0.05, 0) is 39.0 Å². The van der Waals surface area contributed by atoms with E-state index in [2.05, 4.69) is 53.4 Å². The van der Waals surface area contributed by atoms with Gasteiger partial charge in [0.05, 0.1) is 0 Å². The maximum atomic E-state index is 3.28. The van der Waals surface area contributed by atoms with Crippen molar-refractivity contribution in [3.8, 4) is 11.8 Å². The molecular formula is C15H28. The summed E-state index contributed by atoms with van der Waals surface area (Å²) in [5, 5.41) is 0. The van der Waals surface area contributed by atoms with E-state index >= 15 is 0 Å². The van der Waals surface area contributed by atoms with Crippen LogP contribution in [-0.2, 0) is 0 Å². The number of rotatable bonds is 4. The second kappa shape index (κ2) is 6.21. The van der Waals surface area contributed by atoms with Crippen LogP contribution in [0, 0.1) is 22.7 Å². The van der Waals surface area contributed by atoms with E-state index in [1.165, 1.54) is 25.7 Å². The van der Waals surface area contributed by atoms with Gasteiger partial charge in [0.2, 0.25) is 0 Å². The molecule has 0 spiro atoms. The first-order valence-corrected chi connectivity index (χ1v) is 6.21. The summed E-state index contributed by atoms with van der Waals surface area (Å²) < 4.78 is 0. The summed E-state index contributed by atoms with van der Waals surface area (Å²) in [5.74, 6) is 6.55. The summed E-state index contributed by atoms with van der Waals surface area (Å²) in [6.07, 6.45) is 6.34. The smallest absolute Gasteiger partial charge is 0.0230 e. The molecule has 0 heterocycles. The predicted octanol–water partition coefficient (Wildman–Crippen LogP) is 5.03. The van der Waals surface area contributed by atoms with Crippen LogP contribution in [0.5, 0.6) is 0 Å². The van der Waals surface area contributed by atoms with Gasteiger partial charge in [-0.1, -0.05) is 39.5 Å². The molecule has 0 unspecified atom stereocenters. The molecule has 0 saturated carbocycles. The third kappa shape index (κ3) is 13.6. The Labute approximate surface area is 96.8 Å². The van der Waals surface area contributed by atoms with Crippen molar-refractivity contribution in [2.75, 3.05) is 0 Å². The van der Waals surface area contributed by atoms with E-state index in [0.717, 1.165) is 6.42 Å². The van der Waals surface area contributed by atoms with Crippen LogP contribution in [-0.4, -0.2) is 0 Å². The zero-order valence-corrected chi connectivity index (χ0v) is 11.5.